The smallest absolute Gasteiger partial charge is 0.364 e. The van der Waals surface area contributed by atoms with Gasteiger partial charge >= 0.3 is 6.18 Å². The molecule has 1 aromatic heterocycles. The molecule has 0 atom stereocenters. The first-order valence-electron chi connectivity index (χ1n) is 7.57. The van der Waals surface area contributed by atoms with Crippen molar-refractivity contribution in [2.45, 2.75) is 39.0 Å². The van der Waals surface area contributed by atoms with Gasteiger partial charge in [-0.2, -0.15) is 13.2 Å². The molecule has 0 radical (unpaired) electrons. The van der Waals surface area contributed by atoms with E-state index in [-0.39, 0.29) is 23.3 Å². The van der Waals surface area contributed by atoms with Crippen LogP contribution in [0.15, 0.2) is 36.8 Å². The molecule has 142 valence electrons. The summed E-state index contributed by atoms with van der Waals surface area (Å²) in [5.74, 6) is -1.75. The molecule has 1 heterocycles. The molecule has 5 nitrogen and oxygen atoms in total. The van der Waals surface area contributed by atoms with Crippen molar-refractivity contribution in [2.75, 3.05) is 0 Å². The van der Waals surface area contributed by atoms with Crippen LogP contribution in [0.4, 0.5) is 17.6 Å². The van der Waals surface area contributed by atoms with Crippen molar-refractivity contribution >= 4 is 5.91 Å². The highest BCUT2D eigenvalue weighted by Gasteiger charge is 2.34. The highest BCUT2D eigenvalue weighted by atomic mass is 19.4. The standard InChI is InChI=1S/C12H15F4N.C5H5N3O/c1-11(2,3)17-7-8-5-4-6-9(10(8)13)12(14,15)16;6-5(9)4-3-7-1-2-8-4/h4-6,17H,7H2,1-3H3;1-3H,(H2,6,9). The highest BCUT2D eigenvalue weighted by Crippen LogP contribution is 2.32. The molecule has 0 spiro atoms. The molecule has 0 bridgehead atoms. The summed E-state index contributed by atoms with van der Waals surface area (Å²) < 4.78 is 50.9. The summed E-state index contributed by atoms with van der Waals surface area (Å²) >= 11 is 0. The number of carbonyl (C=O) groups is 1. The maximum atomic E-state index is 13.6. The lowest BCUT2D eigenvalue weighted by Gasteiger charge is -2.21. The molecule has 9 heteroatoms. The van der Waals surface area contributed by atoms with Gasteiger partial charge in [0.1, 0.15) is 11.5 Å². The van der Waals surface area contributed by atoms with Gasteiger partial charge in [0.2, 0.25) is 0 Å². The number of nitrogens with one attached hydrogen (secondary N) is 1. The molecule has 3 N–H and O–H groups in total. The van der Waals surface area contributed by atoms with E-state index < -0.39 is 23.5 Å². The number of benzene rings is 1. The van der Waals surface area contributed by atoms with Gasteiger partial charge in [0.25, 0.3) is 5.91 Å². The number of carbonyl (C=O) groups excluding carboxylic acids is 1. The Morgan fingerprint density at radius 2 is 1.85 bits per heavy atom. The van der Waals surface area contributed by atoms with Gasteiger partial charge in [0, 0.05) is 30.0 Å². The van der Waals surface area contributed by atoms with E-state index in [0.717, 1.165) is 6.07 Å². The van der Waals surface area contributed by atoms with Gasteiger partial charge in [-0.3, -0.25) is 9.78 Å². The van der Waals surface area contributed by atoms with Crippen LogP contribution in [-0.4, -0.2) is 21.4 Å². The van der Waals surface area contributed by atoms with E-state index in [1.165, 1.54) is 30.7 Å². The third-order valence-corrected chi connectivity index (χ3v) is 3.01. The van der Waals surface area contributed by atoms with Crippen LogP contribution in [0.5, 0.6) is 0 Å². The lowest BCUT2D eigenvalue weighted by molar-refractivity contribution is -0.140. The predicted octanol–water partition coefficient (Wildman–Crippen LogP) is 3.31. The van der Waals surface area contributed by atoms with E-state index in [9.17, 15) is 22.4 Å². The first kappa shape index (κ1) is 21.5. The van der Waals surface area contributed by atoms with Crippen molar-refractivity contribution in [3.63, 3.8) is 0 Å². The van der Waals surface area contributed by atoms with E-state index in [0.29, 0.717) is 0 Å². The highest BCUT2D eigenvalue weighted by molar-refractivity contribution is 5.90. The molecule has 0 saturated heterocycles. The van der Waals surface area contributed by atoms with Crippen LogP contribution < -0.4 is 11.1 Å². The Morgan fingerprint density at radius 3 is 2.27 bits per heavy atom. The summed E-state index contributed by atoms with van der Waals surface area (Å²) in [6.07, 6.45) is -0.434. The van der Waals surface area contributed by atoms with Crippen molar-refractivity contribution in [1.82, 2.24) is 15.3 Å². The molecule has 0 aliphatic rings. The number of alkyl halides is 3. The summed E-state index contributed by atoms with van der Waals surface area (Å²) in [6, 6.07) is 3.31. The summed E-state index contributed by atoms with van der Waals surface area (Å²) in [4.78, 5) is 17.6. The lowest BCUT2D eigenvalue weighted by Crippen LogP contribution is -2.35. The minimum atomic E-state index is -4.65. The van der Waals surface area contributed by atoms with Gasteiger partial charge in [-0.15, -0.1) is 0 Å². The fraction of sp³-hybridized carbons (Fsp3) is 0.353. The Labute approximate surface area is 148 Å². The molecule has 0 fully saturated rings. The Hall–Kier alpha value is -2.55. The first-order chi connectivity index (χ1) is 11.9. The molecule has 2 aromatic rings. The molecule has 1 aromatic carbocycles. The molecule has 26 heavy (non-hydrogen) atoms. The Morgan fingerprint density at radius 1 is 1.19 bits per heavy atom. The molecule has 1 amide bonds. The number of rotatable bonds is 3. The zero-order valence-electron chi connectivity index (χ0n) is 14.6. The third kappa shape index (κ3) is 7.14. The fourth-order valence-electron chi connectivity index (χ4n) is 1.72. The van der Waals surface area contributed by atoms with E-state index >= 15 is 0 Å². The number of nitrogens with zero attached hydrogens (tertiary/aromatic N) is 2. The van der Waals surface area contributed by atoms with Gasteiger partial charge in [-0.1, -0.05) is 12.1 Å². The van der Waals surface area contributed by atoms with Gasteiger partial charge in [0.15, 0.2) is 0 Å². The SMILES string of the molecule is CC(C)(C)NCc1cccc(C(F)(F)F)c1F.NC(=O)c1cnccn1. The van der Waals surface area contributed by atoms with Crippen LogP contribution in [0.25, 0.3) is 0 Å². The number of halogens is 4. The number of amides is 1. The van der Waals surface area contributed by atoms with Crippen molar-refractivity contribution in [2.24, 2.45) is 5.73 Å². The second-order valence-electron chi connectivity index (χ2n) is 6.33. The topological polar surface area (TPSA) is 80.9 Å². The van der Waals surface area contributed by atoms with Crippen molar-refractivity contribution in [1.29, 1.82) is 0 Å². The number of hydrogen-bond acceptors (Lipinski definition) is 4. The van der Waals surface area contributed by atoms with Gasteiger partial charge in [-0.25, -0.2) is 9.37 Å². The van der Waals surface area contributed by atoms with E-state index in [2.05, 4.69) is 15.3 Å². The third-order valence-electron chi connectivity index (χ3n) is 3.01. The maximum absolute atomic E-state index is 13.6. The normalized spacial score (nSPS) is 11.5. The van der Waals surface area contributed by atoms with E-state index in [1.54, 1.807) is 0 Å². The monoisotopic (exact) mass is 372 g/mol. The number of hydrogen-bond donors (Lipinski definition) is 2. The average Bonchev–Trinajstić information content (AvgIpc) is 2.53. The van der Waals surface area contributed by atoms with Crippen LogP contribution in [0, 0.1) is 5.82 Å². The molecular formula is C17H20F4N4O. The van der Waals surface area contributed by atoms with Gasteiger partial charge in [0.05, 0.1) is 11.8 Å². The quantitative estimate of drug-likeness (QED) is 0.810. The average molecular weight is 372 g/mol. The van der Waals surface area contributed by atoms with E-state index in [4.69, 9.17) is 5.73 Å². The van der Waals surface area contributed by atoms with E-state index in [1.807, 2.05) is 20.8 Å². The Balaban J connectivity index is 0.000000314. The molecule has 0 aliphatic carbocycles. The van der Waals surface area contributed by atoms with Crippen LogP contribution in [0.2, 0.25) is 0 Å². The zero-order valence-corrected chi connectivity index (χ0v) is 14.6. The number of aromatic nitrogens is 2. The van der Waals surface area contributed by atoms with Crippen LogP contribution in [0.3, 0.4) is 0 Å². The fourth-order valence-corrected chi connectivity index (χ4v) is 1.72. The second-order valence-corrected chi connectivity index (χ2v) is 6.33. The molecule has 0 saturated carbocycles. The minimum Gasteiger partial charge on any atom is -0.364 e. The Bertz CT molecular complexity index is 728. The number of nitrogens with two attached hydrogens (primary N) is 1. The minimum absolute atomic E-state index is 0.0229. The van der Waals surface area contributed by atoms with Crippen molar-refractivity contribution in [3.8, 4) is 0 Å². The molecule has 2 rings (SSSR count). The largest absolute Gasteiger partial charge is 0.419 e. The summed E-state index contributed by atoms with van der Waals surface area (Å²) in [5.41, 5.74) is 3.59. The first-order valence-corrected chi connectivity index (χ1v) is 7.57. The van der Waals surface area contributed by atoms with Crippen molar-refractivity contribution < 1.29 is 22.4 Å². The zero-order chi connectivity index (χ0) is 20.0. The summed E-state index contributed by atoms with van der Waals surface area (Å²) in [5, 5.41) is 2.95. The maximum Gasteiger partial charge on any atom is 0.419 e. The molecular weight excluding hydrogens is 352 g/mol. The van der Waals surface area contributed by atoms with Crippen molar-refractivity contribution in [3.05, 3.63) is 59.4 Å². The molecule has 0 aliphatic heterocycles. The van der Waals surface area contributed by atoms with Crippen LogP contribution in [0.1, 0.15) is 42.4 Å². The van der Waals surface area contributed by atoms with Gasteiger partial charge < -0.3 is 11.1 Å². The lowest BCUT2D eigenvalue weighted by atomic mass is 10.1. The Kier molecular flexibility index (Phi) is 7.19. The predicted molar refractivity (Wildman–Crippen MR) is 88.5 cm³/mol. The summed E-state index contributed by atoms with van der Waals surface area (Å²) in [7, 11) is 0. The molecule has 0 unspecified atom stereocenters. The van der Waals surface area contributed by atoms with Crippen LogP contribution >= 0.6 is 0 Å². The van der Waals surface area contributed by atoms with Crippen LogP contribution in [-0.2, 0) is 12.7 Å². The second kappa shape index (κ2) is 8.70. The number of primary amides is 1. The summed E-state index contributed by atoms with van der Waals surface area (Å²) in [6.45, 7) is 5.65. The van der Waals surface area contributed by atoms with Gasteiger partial charge in [-0.05, 0) is 26.8 Å².